The van der Waals surface area contributed by atoms with E-state index in [1.807, 2.05) is 0 Å². The van der Waals surface area contributed by atoms with Crippen LogP contribution in [0.2, 0.25) is 0 Å². The van der Waals surface area contributed by atoms with Crippen LogP contribution in [-0.4, -0.2) is 9.78 Å². The highest BCUT2D eigenvalue weighted by atomic mass is 19.4. The standard InChI is InChI=1S/C10H11F3N2/c1-5-9(2,3)7-6-15(4)14-8(7)10(11,12)13/h1,6H,2-4H3. The van der Waals surface area contributed by atoms with Crippen LogP contribution in [-0.2, 0) is 18.6 Å². The number of halogens is 3. The number of aromatic nitrogens is 2. The third kappa shape index (κ3) is 2.14. The number of alkyl halides is 3. The lowest BCUT2D eigenvalue weighted by molar-refractivity contribution is -0.142. The van der Waals surface area contributed by atoms with Crippen LogP contribution in [0.4, 0.5) is 13.2 Å². The molecular weight excluding hydrogens is 205 g/mol. The molecule has 2 nitrogen and oxygen atoms in total. The van der Waals surface area contributed by atoms with E-state index in [1.165, 1.54) is 13.2 Å². The summed E-state index contributed by atoms with van der Waals surface area (Å²) in [6, 6.07) is 0. The monoisotopic (exact) mass is 216 g/mol. The Morgan fingerprint density at radius 3 is 2.33 bits per heavy atom. The highest BCUT2D eigenvalue weighted by Gasteiger charge is 2.40. The first-order chi connectivity index (χ1) is 6.68. The first kappa shape index (κ1) is 11.6. The smallest absolute Gasteiger partial charge is 0.275 e. The predicted octanol–water partition coefficient (Wildman–Crippen LogP) is 2.35. The van der Waals surface area contributed by atoms with E-state index in [1.54, 1.807) is 13.8 Å². The SMILES string of the molecule is C#CC(C)(C)c1cn(C)nc1C(F)(F)F. The summed E-state index contributed by atoms with van der Waals surface area (Å²) in [6.07, 6.45) is 2.05. The van der Waals surface area contributed by atoms with Gasteiger partial charge in [0.2, 0.25) is 0 Å². The van der Waals surface area contributed by atoms with Gasteiger partial charge in [0.05, 0.1) is 5.41 Å². The maximum Gasteiger partial charge on any atom is 0.435 e. The molecule has 0 aliphatic carbocycles. The van der Waals surface area contributed by atoms with Crippen LogP contribution < -0.4 is 0 Å². The zero-order valence-electron chi connectivity index (χ0n) is 8.68. The van der Waals surface area contributed by atoms with Crippen molar-refractivity contribution in [3.05, 3.63) is 17.5 Å². The molecule has 0 aliphatic rings. The van der Waals surface area contributed by atoms with Crippen molar-refractivity contribution in [3.8, 4) is 12.3 Å². The van der Waals surface area contributed by atoms with E-state index in [4.69, 9.17) is 6.42 Å². The second-order valence-electron chi connectivity index (χ2n) is 3.83. The fraction of sp³-hybridized carbons (Fsp3) is 0.500. The molecule has 0 spiro atoms. The number of nitrogens with zero attached hydrogens (tertiary/aromatic N) is 2. The van der Waals surface area contributed by atoms with Crippen molar-refractivity contribution in [3.63, 3.8) is 0 Å². The highest BCUT2D eigenvalue weighted by molar-refractivity contribution is 5.35. The van der Waals surface area contributed by atoms with Crippen molar-refractivity contribution in [2.24, 2.45) is 7.05 Å². The summed E-state index contributed by atoms with van der Waals surface area (Å²) < 4.78 is 38.9. The molecule has 0 fully saturated rings. The molecule has 1 rings (SSSR count). The molecule has 0 radical (unpaired) electrons. The van der Waals surface area contributed by atoms with E-state index in [0.29, 0.717) is 0 Å². The van der Waals surface area contributed by atoms with E-state index >= 15 is 0 Å². The Labute approximate surface area is 86.1 Å². The van der Waals surface area contributed by atoms with Crippen LogP contribution in [0.5, 0.6) is 0 Å². The normalized spacial score (nSPS) is 12.6. The summed E-state index contributed by atoms with van der Waals surface area (Å²) in [5, 5.41) is 3.39. The largest absolute Gasteiger partial charge is 0.435 e. The Morgan fingerprint density at radius 1 is 1.40 bits per heavy atom. The van der Waals surface area contributed by atoms with Crippen LogP contribution in [0.3, 0.4) is 0 Å². The van der Waals surface area contributed by atoms with Gasteiger partial charge in [-0.15, -0.1) is 6.42 Å². The summed E-state index contributed by atoms with van der Waals surface area (Å²) in [4.78, 5) is 0. The molecule has 0 unspecified atom stereocenters. The van der Waals surface area contributed by atoms with Gasteiger partial charge < -0.3 is 0 Å². The van der Waals surface area contributed by atoms with Gasteiger partial charge in [-0.2, -0.15) is 18.3 Å². The van der Waals surface area contributed by atoms with Gasteiger partial charge in [-0.05, 0) is 13.8 Å². The quantitative estimate of drug-likeness (QED) is 0.659. The van der Waals surface area contributed by atoms with Crippen molar-refractivity contribution in [2.75, 3.05) is 0 Å². The summed E-state index contributed by atoms with van der Waals surface area (Å²) in [5.41, 5.74) is -1.85. The van der Waals surface area contributed by atoms with E-state index in [2.05, 4.69) is 11.0 Å². The Bertz CT molecular complexity index is 407. The first-order valence-corrected chi connectivity index (χ1v) is 4.27. The van der Waals surface area contributed by atoms with Crippen molar-refractivity contribution < 1.29 is 13.2 Å². The zero-order valence-corrected chi connectivity index (χ0v) is 8.68. The molecule has 0 aromatic carbocycles. The maximum atomic E-state index is 12.6. The van der Waals surface area contributed by atoms with Crippen molar-refractivity contribution in [1.29, 1.82) is 0 Å². The molecule has 0 N–H and O–H groups in total. The molecular formula is C10H11F3N2. The molecule has 0 bridgehead atoms. The third-order valence-corrected chi connectivity index (χ3v) is 2.13. The summed E-state index contributed by atoms with van der Waals surface area (Å²) in [5.74, 6) is 2.33. The molecule has 1 aromatic rings. The second kappa shape index (κ2) is 3.30. The van der Waals surface area contributed by atoms with Crippen LogP contribution in [0.25, 0.3) is 0 Å². The topological polar surface area (TPSA) is 17.8 Å². The van der Waals surface area contributed by atoms with Gasteiger partial charge in [-0.1, -0.05) is 5.92 Å². The van der Waals surface area contributed by atoms with E-state index in [9.17, 15) is 13.2 Å². The predicted molar refractivity (Wildman–Crippen MR) is 50.1 cm³/mol. The average Bonchev–Trinajstić information content (AvgIpc) is 2.47. The molecule has 0 amide bonds. The van der Waals surface area contributed by atoms with Crippen molar-refractivity contribution in [2.45, 2.75) is 25.4 Å². The molecule has 1 heterocycles. The Kier molecular flexibility index (Phi) is 2.56. The van der Waals surface area contributed by atoms with Gasteiger partial charge >= 0.3 is 6.18 Å². The van der Waals surface area contributed by atoms with Gasteiger partial charge in [0.15, 0.2) is 5.69 Å². The minimum Gasteiger partial charge on any atom is -0.275 e. The lowest BCUT2D eigenvalue weighted by Crippen LogP contribution is -2.19. The molecule has 1 aromatic heterocycles. The Hall–Kier alpha value is -1.44. The van der Waals surface area contributed by atoms with E-state index < -0.39 is 17.3 Å². The maximum absolute atomic E-state index is 12.6. The summed E-state index contributed by atoms with van der Waals surface area (Å²) >= 11 is 0. The second-order valence-corrected chi connectivity index (χ2v) is 3.83. The minimum atomic E-state index is -4.47. The van der Waals surface area contributed by atoms with E-state index in [0.717, 1.165) is 4.68 Å². The summed E-state index contributed by atoms with van der Waals surface area (Å²) in [7, 11) is 1.44. The molecule has 82 valence electrons. The van der Waals surface area contributed by atoms with Gasteiger partial charge in [0.25, 0.3) is 0 Å². The van der Waals surface area contributed by atoms with Crippen LogP contribution in [0.15, 0.2) is 6.20 Å². The van der Waals surface area contributed by atoms with Crippen molar-refractivity contribution in [1.82, 2.24) is 9.78 Å². The first-order valence-electron chi connectivity index (χ1n) is 4.27. The Balaban J connectivity index is 3.38. The number of hydrogen-bond donors (Lipinski definition) is 0. The van der Waals surface area contributed by atoms with Gasteiger partial charge in [-0.3, -0.25) is 4.68 Å². The number of terminal acetylenes is 1. The van der Waals surface area contributed by atoms with E-state index in [-0.39, 0.29) is 5.56 Å². The molecule has 0 aliphatic heterocycles. The minimum absolute atomic E-state index is 0.0278. The molecule has 0 saturated carbocycles. The van der Waals surface area contributed by atoms with Crippen molar-refractivity contribution >= 4 is 0 Å². The fourth-order valence-electron chi connectivity index (χ4n) is 1.23. The zero-order chi connectivity index (χ0) is 11.9. The van der Waals surface area contributed by atoms with Gasteiger partial charge in [-0.25, -0.2) is 0 Å². The summed E-state index contributed by atoms with van der Waals surface area (Å²) in [6.45, 7) is 3.11. The third-order valence-electron chi connectivity index (χ3n) is 2.13. The van der Waals surface area contributed by atoms with Crippen LogP contribution in [0, 0.1) is 12.3 Å². The molecule has 5 heteroatoms. The highest BCUT2D eigenvalue weighted by Crippen LogP contribution is 2.36. The Morgan fingerprint density at radius 2 is 1.93 bits per heavy atom. The van der Waals surface area contributed by atoms with Crippen LogP contribution >= 0.6 is 0 Å². The molecule has 0 saturated heterocycles. The lowest BCUT2D eigenvalue weighted by atomic mass is 9.86. The number of rotatable bonds is 1. The fourth-order valence-corrected chi connectivity index (χ4v) is 1.23. The van der Waals surface area contributed by atoms with Gasteiger partial charge in [0, 0.05) is 18.8 Å². The number of hydrogen-bond acceptors (Lipinski definition) is 1. The molecule has 15 heavy (non-hydrogen) atoms. The van der Waals surface area contributed by atoms with Crippen LogP contribution in [0.1, 0.15) is 25.1 Å². The average molecular weight is 216 g/mol. The lowest BCUT2D eigenvalue weighted by Gasteiger charge is -2.18. The molecule has 0 atom stereocenters. The number of aryl methyl sites for hydroxylation is 1. The van der Waals surface area contributed by atoms with Gasteiger partial charge in [0.1, 0.15) is 0 Å².